The van der Waals surface area contributed by atoms with Gasteiger partial charge in [0, 0.05) is 37.8 Å². The highest BCUT2D eigenvalue weighted by molar-refractivity contribution is 5.82. The van der Waals surface area contributed by atoms with E-state index >= 15 is 0 Å². The molecular weight excluding hydrogens is 226 g/mol. The van der Waals surface area contributed by atoms with Gasteiger partial charge in [-0.1, -0.05) is 12.8 Å². The molecule has 2 saturated carbocycles. The van der Waals surface area contributed by atoms with Crippen LogP contribution in [-0.2, 0) is 9.59 Å². The van der Waals surface area contributed by atoms with Crippen LogP contribution < -0.4 is 0 Å². The van der Waals surface area contributed by atoms with Crippen LogP contribution in [-0.4, -0.2) is 36.6 Å². The molecule has 0 unspecified atom stereocenters. The molecule has 2 atom stereocenters. The normalized spacial score (nSPS) is 29.9. The molecule has 0 heterocycles. The van der Waals surface area contributed by atoms with Gasteiger partial charge in [0.1, 0.15) is 11.6 Å². The molecule has 0 N–H and O–H groups in total. The summed E-state index contributed by atoms with van der Waals surface area (Å²) in [5.74, 6) is 1.32. The Labute approximate surface area is 110 Å². The highest BCUT2D eigenvalue weighted by atomic mass is 16.1. The summed E-state index contributed by atoms with van der Waals surface area (Å²) in [7, 11) is 2.06. The molecule has 18 heavy (non-hydrogen) atoms. The molecule has 2 aliphatic carbocycles. The van der Waals surface area contributed by atoms with Crippen molar-refractivity contribution >= 4 is 11.6 Å². The summed E-state index contributed by atoms with van der Waals surface area (Å²) in [6, 6.07) is 0. The predicted molar refractivity (Wildman–Crippen MR) is 71.4 cm³/mol. The van der Waals surface area contributed by atoms with Crippen LogP contribution in [0.5, 0.6) is 0 Å². The van der Waals surface area contributed by atoms with Gasteiger partial charge in [0.15, 0.2) is 0 Å². The molecular formula is C15H25NO2. The van der Waals surface area contributed by atoms with E-state index < -0.39 is 0 Å². The quantitative estimate of drug-likeness (QED) is 0.770. The molecule has 0 bridgehead atoms. The summed E-state index contributed by atoms with van der Waals surface area (Å²) in [5.41, 5.74) is 0. The van der Waals surface area contributed by atoms with E-state index in [0.717, 1.165) is 51.6 Å². The molecule has 0 radical (unpaired) electrons. The topological polar surface area (TPSA) is 37.4 Å². The van der Waals surface area contributed by atoms with Crippen molar-refractivity contribution in [2.45, 2.75) is 51.4 Å². The van der Waals surface area contributed by atoms with Crippen molar-refractivity contribution in [3.05, 3.63) is 0 Å². The first-order valence-corrected chi connectivity index (χ1v) is 7.41. The molecule has 0 aromatic carbocycles. The summed E-state index contributed by atoms with van der Waals surface area (Å²) in [6.45, 7) is 1.70. The van der Waals surface area contributed by atoms with Crippen molar-refractivity contribution in [2.75, 3.05) is 20.1 Å². The number of nitrogens with zero attached hydrogens (tertiary/aromatic N) is 1. The molecule has 0 amide bonds. The maximum atomic E-state index is 11.8. The second kappa shape index (κ2) is 6.46. The Morgan fingerprint density at radius 1 is 0.889 bits per heavy atom. The maximum Gasteiger partial charge on any atom is 0.137 e. The highest BCUT2D eigenvalue weighted by Crippen LogP contribution is 2.24. The van der Waals surface area contributed by atoms with Crippen molar-refractivity contribution in [3.8, 4) is 0 Å². The van der Waals surface area contributed by atoms with E-state index in [0.29, 0.717) is 11.6 Å². The monoisotopic (exact) mass is 251 g/mol. The smallest absolute Gasteiger partial charge is 0.137 e. The zero-order chi connectivity index (χ0) is 13.0. The summed E-state index contributed by atoms with van der Waals surface area (Å²) in [6.07, 6.45) is 8.13. The van der Waals surface area contributed by atoms with Gasteiger partial charge in [-0.05, 0) is 32.7 Å². The Morgan fingerprint density at radius 2 is 1.33 bits per heavy atom. The van der Waals surface area contributed by atoms with Gasteiger partial charge < -0.3 is 4.90 Å². The number of rotatable bonds is 4. The van der Waals surface area contributed by atoms with E-state index in [1.807, 2.05) is 0 Å². The van der Waals surface area contributed by atoms with Gasteiger partial charge in [0.25, 0.3) is 0 Å². The summed E-state index contributed by atoms with van der Waals surface area (Å²) < 4.78 is 0. The van der Waals surface area contributed by atoms with Crippen molar-refractivity contribution in [3.63, 3.8) is 0 Å². The van der Waals surface area contributed by atoms with E-state index in [4.69, 9.17) is 0 Å². The molecule has 2 fully saturated rings. The van der Waals surface area contributed by atoms with Crippen molar-refractivity contribution < 1.29 is 9.59 Å². The molecule has 102 valence electrons. The molecule has 0 aliphatic heterocycles. The van der Waals surface area contributed by atoms with E-state index in [2.05, 4.69) is 11.9 Å². The van der Waals surface area contributed by atoms with E-state index in [1.54, 1.807) is 0 Å². The molecule has 0 aromatic rings. The Morgan fingerprint density at radius 3 is 1.72 bits per heavy atom. The first kappa shape index (κ1) is 13.7. The van der Waals surface area contributed by atoms with Crippen molar-refractivity contribution in [1.82, 2.24) is 4.90 Å². The molecule has 0 spiro atoms. The van der Waals surface area contributed by atoms with Crippen LogP contribution in [0.25, 0.3) is 0 Å². The lowest BCUT2D eigenvalue weighted by molar-refractivity contribution is -0.125. The van der Waals surface area contributed by atoms with Gasteiger partial charge in [-0.15, -0.1) is 0 Å². The number of hydrogen-bond donors (Lipinski definition) is 0. The van der Waals surface area contributed by atoms with Crippen LogP contribution >= 0.6 is 0 Å². The van der Waals surface area contributed by atoms with E-state index in [1.165, 1.54) is 12.8 Å². The molecule has 2 rings (SSSR count). The molecule has 3 nitrogen and oxygen atoms in total. The average Bonchev–Trinajstić information content (AvgIpc) is 2.35. The minimum Gasteiger partial charge on any atom is -0.305 e. The second-order valence-corrected chi connectivity index (χ2v) is 6.04. The summed E-state index contributed by atoms with van der Waals surface area (Å²) in [4.78, 5) is 25.8. The number of carbonyl (C=O) groups excluding carboxylic acids is 2. The Kier molecular flexibility index (Phi) is 4.93. The lowest BCUT2D eigenvalue weighted by Gasteiger charge is -2.29. The third-order valence-corrected chi connectivity index (χ3v) is 4.43. The van der Waals surface area contributed by atoms with Gasteiger partial charge >= 0.3 is 0 Å². The first-order valence-electron chi connectivity index (χ1n) is 7.41. The van der Waals surface area contributed by atoms with Gasteiger partial charge in [0.05, 0.1) is 0 Å². The molecule has 0 aromatic heterocycles. The number of carbonyl (C=O) groups is 2. The van der Waals surface area contributed by atoms with Crippen LogP contribution in [0.15, 0.2) is 0 Å². The van der Waals surface area contributed by atoms with Crippen LogP contribution in [0.1, 0.15) is 51.4 Å². The predicted octanol–water partition coefficient (Wildman–Crippen LogP) is 2.44. The van der Waals surface area contributed by atoms with Gasteiger partial charge in [-0.3, -0.25) is 9.59 Å². The Bertz CT molecular complexity index is 284. The Balaban J connectivity index is 1.78. The number of Topliss-reactive ketones (excluding diaryl/α,β-unsaturated/α-hetero) is 2. The van der Waals surface area contributed by atoms with Crippen LogP contribution in [0.4, 0.5) is 0 Å². The molecule has 0 saturated heterocycles. The van der Waals surface area contributed by atoms with Gasteiger partial charge in [-0.2, -0.15) is 0 Å². The first-order chi connectivity index (χ1) is 8.66. The lowest BCUT2D eigenvalue weighted by Crippen LogP contribution is -2.37. The molecule has 2 aliphatic rings. The van der Waals surface area contributed by atoms with E-state index in [9.17, 15) is 9.59 Å². The number of hydrogen-bond acceptors (Lipinski definition) is 3. The molecule has 3 heteroatoms. The fourth-order valence-corrected chi connectivity index (χ4v) is 3.32. The number of ketones is 2. The van der Waals surface area contributed by atoms with E-state index in [-0.39, 0.29) is 11.8 Å². The van der Waals surface area contributed by atoms with Crippen LogP contribution in [0, 0.1) is 11.8 Å². The maximum absolute atomic E-state index is 11.8. The third-order valence-electron chi connectivity index (χ3n) is 4.43. The van der Waals surface area contributed by atoms with Gasteiger partial charge in [-0.25, -0.2) is 0 Å². The minimum atomic E-state index is 0.224. The van der Waals surface area contributed by atoms with Gasteiger partial charge in [0.2, 0.25) is 0 Å². The van der Waals surface area contributed by atoms with Crippen molar-refractivity contribution in [1.29, 1.82) is 0 Å². The third kappa shape index (κ3) is 3.64. The zero-order valence-electron chi connectivity index (χ0n) is 11.5. The second-order valence-electron chi connectivity index (χ2n) is 6.04. The average molecular weight is 251 g/mol. The minimum absolute atomic E-state index is 0.224. The highest BCUT2D eigenvalue weighted by Gasteiger charge is 2.27. The standard InChI is InChI=1S/C15H25NO2/c1-16(10-12-6-2-4-8-14(12)17)11-13-7-3-5-9-15(13)18/h12-13H,2-11H2,1H3/t12-,13-/m0/s1. The van der Waals surface area contributed by atoms with Crippen molar-refractivity contribution in [2.24, 2.45) is 11.8 Å². The fourth-order valence-electron chi connectivity index (χ4n) is 3.32. The fraction of sp³-hybridized carbons (Fsp3) is 0.867. The summed E-state index contributed by atoms with van der Waals surface area (Å²) in [5, 5.41) is 0. The van der Waals surface area contributed by atoms with Crippen LogP contribution in [0.2, 0.25) is 0 Å². The summed E-state index contributed by atoms with van der Waals surface area (Å²) >= 11 is 0. The SMILES string of the molecule is CN(C[C@@H]1CCCCC1=O)C[C@@H]1CCCCC1=O. The largest absolute Gasteiger partial charge is 0.305 e. The Hall–Kier alpha value is -0.700. The zero-order valence-corrected chi connectivity index (χ0v) is 11.5. The lowest BCUT2D eigenvalue weighted by atomic mass is 9.86. The van der Waals surface area contributed by atoms with Crippen LogP contribution in [0.3, 0.4) is 0 Å².